The molecule has 4 rings (SSSR count). The standard InChI is InChI=1S/C23H26O6/c1-23(2)28-21-20(26-14-17-11-7-4-8-12-17)19(27-22(21)29-23)18(24)15-25-13-16-9-5-3-6-10-16/h3-12,19-22H,13-15H2,1-2H3/t19-,20-,21+,22+/m0/s1. The van der Waals surface area contributed by atoms with Gasteiger partial charge in [0.25, 0.3) is 0 Å². The SMILES string of the molecule is CC1(C)O[C@H]2O[C@@H](C(=O)COCc3ccccc3)[C@H](OCc3ccccc3)[C@H]2O1. The Morgan fingerprint density at radius 3 is 2.21 bits per heavy atom. The van der Waals surface area contributed by atoms with Gasteiger partial charge >= 0.3 is 0 Å². The Kier molecular flexibility index (Phi) is 6.08. The fourth-order valence-electron chi connectivity index (χ4n) is 3.61. The summed E-state index contributed by atoms with van der Waals surface area (Å²) >= 11 is 0. The van der Waals surface area contributed by atoms with Crippen LogP contribution >= 0.6 is 0 Å². The van der Waals surface area contributed by atoms with Crippen molar-refractivity contribution >= 4 is 5.78 Å². The zero-order valence-electron chi connectivity index (χ0n) is 16.7. The smallest absolute Gasteiger partial charge is 0.190 e. The Morgan fingerprint density at radius 1 is 0.931 bits per heavy atom. The van der Waals surface area contributed by atoms with Crippen molar-refractivity contribution < 1.29 is 28.5 Å². The molecule has 29 heavy (non-hydrogen) atoms. The number of rotatable bonds is 8. The van der Waals surface area contributed by atoms with E-state index in [1.54, 1.807) is 0 Å². The molecule has 2 aliphatic rings. The van der Waals surface area contributed by atoms with Crippen LogP contribution in [0.15, 0.2) is 60.7 Å². The van der Waals surface area contributed by atoms with Crippen molar-refractivity contribution in [3.8, 4) is 0 Å². The number of hydrogen-bond donors (Lipinski definition) is 0. The minimum Gasteiger partial charge on any atom is -0.369 e. The summed E-state index contributed by atoms with van der Waals surface area (Å²) in [7, 11) is 0. The molecule has 0 radical (unpaired) electrons. The van der Waals surface area contributed by atoms with Crippen LogP contribution in [0.1, 0.15) is 25.0 Å². The second-order valence-corrected chi connectivity index (χ2v) is 7.73. The number of ether oxygens (including phenoxy) is 5. The van der Waals surface area contributed by atoms with Gasteiger partial charge in [0.15, 0.2) is 24.0 Å². The fourth-order valence-corrected chi connectivity index (χ4v) is 3.61. The molecule has 2 heterocycles. The van der Waals surface area contributed by atoms with Gasteiger partial charge in [0, 0.05) is 0 Å². The summed E-state index contributed by atoms with van der Waals surface area (Å²) in [6, 6.07) is 19.5. The van der Waals surface area contributed by atoms with Crippen LogP contribution in [0.2, 0.25) is 0 Å². The first-order valence-corrected chi connectivity index (χ1v) is 9.83. The number of ketones is 1. The first kappa shape index (κ1) is 20.2. The van der Waals surface area contributed by atoms with Gasteiger partial charge in [-0.1, -0.05) is 60.7 Å². The minimum atomic E-state index is -0.791. The summed E-state index contributed by atoms with van der Waals surface area (Å²) in [4.78, 5) is 12.8. The molecule has 0 saturated carbocycles. The maximum Gasteiger partial charge on any atom is 0.190 e. The van der Waals surface area contributed by atoms with E-state index in [-0.39, 0.29) is 12.4 Å². The van der Waals surface area contributed by atoms with E-state index in [1.807, 2.05) is 74.5 Å². The highest BCUT2D eigenvalue weighted by atomic mass is 16.8. The molecular formula is C23H26O6. The van der Waals surface area contributed by atoms with Gasteiger partial charge in [-0.3, -0.25) is 4.79 Å². The van der Waals surface area contributed by atoms with Gasteiger partial charge in [-0.2, -0.15) is 0 Å². The maximum atomic E-state index is 12.8. The van der Waals surface area contributed by atoms with Crippen LogP contribution in [-0.2, 0) is 41.7 Å². The van der Waals surface area contributed by atoms with E-state index in [0.29, 0.717) is 13.2 Å². The van der Waals surface area contributed by atoms with E-state index in [0.717, 1.165) is 11.1 Å². The van der Waals surface area contributed by atoms with Crippen molar-refractivity contribution in [2.75, 3.05) is 6.61 Å². The molecule has 6 heteroatoms. The summed E-state index contributed by atoms with van der Waals surface area (Å²) in [6.45, 7) is 4.30. The van der Waals surface area contributed by atoms with Crippen LogP contribution in [0.25, 0.3) is 0 Å². The van der Waals surface area contributed by atoms with E-state index >= 15 is 0 Å². The highest BCUT2D eigenvalue weighted by Gasteiger charge is 2.57. The molecule has 0 amide bonds. The molecule has 2 aliphatic heterocycles. The van der Waals surface area contributed by atoms with Gasteiger partial charge in [-0.15, -0.1) is 0 Å². The lowest BCUT2D eigenvalue weighted by Gasteiger charge is -2.25. The highest BCUT2D eigenvalue weighted by molar-refractivity contribution is 5.85. The van der Waals surface area contributed by atoms with Crippen molar-refractivity contribution in [2.45, 2.75) is 57.5 Å². The predicted molar refractivity (Wildman–Crippen MR) is 105 cm³/mol. The Balaban J connectivity index is 1.39. The van der Waals surface area contributed by atoms with Gasteiger partial charge in [0.1, 0.15) is 18.8 Å². The average Bonchev–Trinajstić information content (AvgIpc) is 3.19. The number of fused-ring (bicyclic) bond motifs is 1. The van der Waals surface area contributed by atoms with Crippen LogP contribution in [0.5, 0.6) is 0 Å². The highest BCUT2D eigenvalue weighted by Crippen LogP contribution is 2.39. The molecule has 2 aromatic carbocycles. The van der Waals surface area contributed by atoms with Crippen molar-refractivity contribution in [3.05, 3.63) is 71.8 Å². The summed E-state index contributed by atoms with van der Waals surface area (Å²) in [5.41, 5.74) is 2.02. The number of carbonyl (C=O) groups is 1. The Hall–Kier alpha value is -2.09. The van der Waals surface area contributed by atoms with Crippen LogP contribution in [0.3, 0.4) is 0 Å². The second kappa shape index (κ2) is 8.73. The first-order chi connectivity index (χ1) is 14.0. The molecule has 0 N–H and O–H groups in total. The van der Waals surface area contributed by atoms with Crippen molar-refractivity contribution in [3.63, 3.8) is 0 Å². The monoisotopic (exact) mass is 398 g/mol. The molecule has 0 aliphatic carbocycles. The summed E-state index contributed by atoms with van der Waals surface area (Å²) in [5.74, 6) is -0.958. The third kappa shape index (κ3) is 4.91. The summed E-state index contributed by atoms with van der Waals surface area (Å²) in [6.07, 6.45) is -2.44. The van der Waals surface area contributed by atoms with E-state index in [1.165, 1.54) is 0 Å². The van der Waals surface area contributed by atoms with Crippen molar-refractivity contribution in [2.24, 2.45) is 0 Å². The van der Waals surface area contributed by atoms with Crippen LogP contribution in [0.4, 0.5) is 0 Å². The normalized spacial score (nSPS) is 27.7. The molecule has 2 fully saturated rings. The molecule has 154 valence electrons. The lowest BCUT2D eigenvalue weighted by Crippen LogP contribution is -2.42. The molecule has 4 atom stereocenters. The van der Waals surface area contributed by atoms with E-state index < -0.39 is 30.4 Å². The molecule has 0 unspecified atom stereocenters. The number of benzene rings is 2. The van der Waals surface area contributed by atoms with Gasteiger partial charge in [-0.25, -0.2) is 0 Å². The average molecular weight is 398 g/mol. The molecule has 0 aromatic heterocycles. The zero-order valence-corrected chi connectivity index (χ0v) is 16.7. The quantitative estimate of drug-likeness (QED) is 0.680. The number of hydrogen-bond acceptors (Lipinski definition) is 6. The lowest BCUT2D eigenvalue weighted by atomic mass is 10.1. The molecule has 6 nitrogen and oxygen atoms in total. The largest absolute Gasteiger partial charge is 0.369 e. The van der Waals surface area contributed by atoms with E-state index in [9.17, 15) is 4.79 Å². The van der Waals surface area contributed by atoms with Gasteiger partial charge < -0.3 is 23.7 Å². The number of Topliss-reactive ketones (excluding diaryl/α,β-unsaturated/α-hetero) is 1. The molecule has 2 saturated heterocycles. The Labute approximate surface area is 170 Å². The molecule has 2 aromatic rings. The fraction of sp³-hybridized carbons (Fsp3) is 0.435. The first-order valence-electron chi connectivity index (χ1n) is 9.83. The predicted octanol–water partition coefficient (Wildman–Crippen LogP) is 3.23. The Bertz CT molecular complexity index is 807. The van der Waals surface area contributed by atoms with Crippen LogP contribution in [0, 0.1) is 0 Å². The molecule has 0 spiro atoms. The minimum absolute atomic E-state index is 0.0619. The van der Waals surface area contributed by atoms with Crippen molar-refractivity contribution in [1.29, 1.82) is 0 Å². The molecule has 0 bridgehead atoms. The summed E-state index contributed by atoms with van der Waals surface area (Å²) < 4.78 is 29.3. The van der Waals surface area contributed by atoms with E-state index in [4.69, 9.17) is 23.7 Å². The van der Waals surface area contributed by atoms with Crippen LogP contribution < -0.4 is 0 Å². The maximum absolute atomic E-state index is 12.8. The third-order valence-electron chi connectivity index (χ3n) is 4.95. The third-order valence-corrected chi connectivity index (χ3v) is 4.95. The molecular weight excluding hydrogens is 372 g/mol. The van der Waals surface area contributed by atoms with Gasteiger partial charge in [-0.05, 0) is 25.0 Å². The zero-order chi connectivity index (χ0) is 20.3. The Morgan fingerprint density at radius 2 is 1.55 bits per heavy atom. The topological polar surface area (TPSA) is 63.2 Å². The summed E-state index contributed by atoms with van der Waals surface area (Å²) in [5, 5.41) is 0. The van der Waals surface area contributed by atoms with E-state index in [2.05, 4.69) is 0 Å². The van der Waals surface area contributed by atoms with Crippen LogP contribution in [-0.4, -0.2) is 42.8 Å². The van der Waals surface area contributed by atoms with Gasteiger partial charge in [0.05, 0.1) is 13.2 Å². The van der Waals surface area contributed by atoms with Gasteiger partial charge in [0.2, 0.25) is 0 Å². The van der Waals surface area contributed by atoms with Crippen molar-refractivity contribution in [1.82, 2.24) is 0 Å². The second-order valence-electron chi connectivity index (χ2n) is 7.73. The number of carbonyl (C=O) groups excluding carboxylic acids is 1. The lowest BCUT2D eigenvalue weighted by molar-refractivity contribution is -0.219.